The van der Waals surface area contributed by atoms with Crippen molar-refractivity contribution in [1.82, 2.24) is 10.6 Å². The largest absolute Gasteiger partial charge is 0.370 e. The van der Waals surface area contributed by atoms with E-state index in [-0.39, 0.29) is 29.8 Å². The Morgan fingerprint density at radius 1 is 1.22 bits per heavy atom. The van der Waals surface area contributed by atoms with Gasteiger partial charge in [-0.25, -0.2) is 9.38 Å². The van der Waals surface area contributed by atoms with Gasteiger partial charge in [0.1, 0.15) is 5.82 Å². The van der Waals surface area contributed by atoms with Crippen LogP contribution in [-0.4, -0.2) is 31.6 Å². The zero-order valence-corrected chi connectivity index (χ0v) is 17.1. The SMILES string of the molecule is CCNC(=NCc1ccc(N(CC)CC)c(F)c1)NC(C)C.I. The van der Waals surface area contributed by atoms with Gasteiger partial charge in [0.05, 0.1) is 12.2 Å². The predicted molar refractivity (Wildman–Crippen MR) is 108 cm³/mol. The summed E-state index contributed by atoms with van der Waals surface area (Å²) in [5, 5.41) is 6.43. The smallest absolute Gasteiger partial charge is 0.191 e. The fourth-order valence-corrected chi connectivity index (χ4v) is 2.23. The van der Waals surface area contributed by atoms with Crippen LogP contribution in [0.3, 0.4) is 0 Å². The second-order valence-electron chi connectivity index (χ2n) is 5.45. The Morgan fingerprint density at radius 3 is 2.35 bits per heavy atom. The summed E-state index contributed by atoms with van der Waals surface area (Å²) in [4.78, 5) is 6.50. The van der Waals surface area contributed by atoms with Crippen LogP contribution in [0.25, 0.3) is 0 Å². The van der Waals surface area contributed by atoms with E-state index in [1.807, 2.05) is 37.8 Å². The van der Waals surface area contributed by atoms with Crippen molar-refractivity contribution >= 4 is 35.6 Å². The number of rotatable bonds is 7. The molecule has 23 heavy (non-hydrogen) atoms. The molecule has 1 aromatic rings. The molecule has 0 atom stereocenters. The molecular formula is C17H30FIN4. The van der Waals surface area contributed by atoms with Crippen molar-refractivity contribution in [2.75, 3.05) is 24.5 Å². The third-order valence-electron chi connectivity index (χ3n) is 3.31. The summed E-state index contributed by atoms with van der Waals surface area (Å²) in [5.74, 6) is 0.573. The van der Waals surface area contributed by atoms with E-state index in [9.17, 15) is 4.39 Å². The monoisotopic (exact) mass is 436 g/mol. The summed E-state index contributed by atoms with van der Waals surface area (Å²) in [6.07, 6.45) is 0. The molecule has 4 nitrogen and oxygen atoms in total. The van der Waals surface area contributed by atoms with Gasteiger partial charge in [-0.15, -0.1) is 24.0 Å². The second-order valence-corrected chi connectivity index (χ2v) is 5.45. The number of hydrogen-bond donors (Lipinski definition) is 2. The van der Waals surface area contributed by atoms with E-state index in [2.05, 4.69) is 29.5 Å². The second kappa shape index (κ2) is 11.5. The molecule has 0 heterocycles. The third-order valence-corrected chi connectivity index (χ3v) is 3.31. The molecule has 132 valence electrons. The molecule has 0 amide bonds. The highest BCUT2D eigenvalue weighted by Crippen LogP contribution is 2.20. The zero-order valence-electron chi connectivity index (χ0n) is 14.8. The van der Waals surface area contributed by atoms with Crippen LogP contribution in [-0.2, 0) is 6.54 Å². The van der Waals surface area contributed by atoms with E-state index in [0.29, 0.717) is 18.3 Å². The van der Waals surface area contributed by atoms with Gasteiger partial charge in [-0.05, 0) is 52.3 Å². The van der Waals surface area contributed by atoms with E-state index in [1.54, 1.807) is 6.07 Å². The van der Waals surface area contributed by atoms with Crippen molar-refractivity contribution in [3.8, 4) is 0 Å². The fraction of sp³-hybridized carbons (Fsp3) is 0.588. The number of benzene rings is 1. The molecule has 0 saturated carbocycles. The van der Waals surface area contributed by atoms with Crippen LogP contribution in [0.5, 0.6) is 0 Å². The highest BCUT2D eigenvalue weighted by molar-refractivity contribution is 14.0. The van der Waals surface area contributed by atoms with E-state index in [0.717, 1.165) is 31.2 Å². The standard InChI is InChI=1S/C17H29FN4.HI/c1-6-19-17(21-13(4)5)20-12-14-9-10-16(15(18)11-14)22(7-2)8-3;/h9-11,13H,6-8,12H2,1-5H3,(H2,19,20,21);1H. The first kappa shape index (κ1) is 21.9. The minimum atomic E-state index is -0.182. The van der Waals surface area contributed by atoms with E-state index < -0.39 is 0 Å². The summed E-state index contributed by atoms with van der Waals surface area (Å²) in [5.41, 5.74) is 1.53. The van der Waals surface area contributed by atoms with Crippen LogP contribution < -0.4 is 15.5 Å². The highest BCUT2D eigenvalue weighted by atomic mass is 127. The van der Waals surface area contributed by atoms with Crippen molar-refractivity contribution in [3.63, 3.8) is 0 Å². The average Bonchev–Trinajstić information content (AvgIpc) is 2.47. The van der Waals surface area contributed by atoms with Crippen molar-refractivity contribution < 1.29 is 4.39 Å². The number of nitrogens with zero attached hydrogens (tertiary/aromatic N) is 2. The van der Waals surface area contributed by atoms with Crippen LogP contribution >= 0.6 is 24.0 Å². The highest BCUT2D eigenvalue weighted by Gasteiger charge is 2.09. The minimum absolute atomic E-state index is 0. The Kier molecular flexibility index (Phi) is 11.0. The Morgan fingerprint density at radius 2 is 1.87 bits per heavy atom. The molecular weight excluding hydrogens is 406 g/mol. The van der Waals surface area contributed by atoms with E-state index in [4.69, 9.17) is 0 Å². The minimum Gasteiger partial charge on any atom is -0.370 e. The number of aliphatic imine (C=N–C) groups is 1. The molecule has 0 aliphatic rings. The summed E-state index contributed by atoms with van der Waals surface area (Å²) >= 11 is 0. The molecule has 0 aliphatic carbocycles. The summed E-state index contributed by atoms with van der Waals surface area (Å²) in [6, 6.07) is 5.67. The van der Waals surface area contributed by atoms with E-state index >= 15 is 0 Å². The number of nitrogens with one attached hydrogen (secondary N) is 2. The van der Waals surface area contributed by atoms with Gasteiger partial charge >= 0.3 is 0 Å². The van der Waals surface area contributed by atoms with Crippen LogP contribution in [0, 0.1) is 5.82 Å². The zero-order chi connectivity index (χ0) is 16.5. The summed E-state index contributed by atoms with van der Waals surface area (Å²) in [7, 11) is 0. The Bertz CT molecular complexity index is 487. The van der Waals surface area contributed by atoms with Crippen LogP contribution in [0.2, 0.25) is 0 Å². The van der Waals surface area contributed by atoms with Gasteiger partial charge in [-0.2, -0.15) is 0 Å². The summed E-state index contributed by atoms with van der Waals surface area (Å²) < 4.78 is 14.2. The number of halogens is 2. The lowest BCUT2D eigenvalue weighted by Gasteiger charge is -2.21. The predicted octanol–water partition coefficient (Wildman–Crippen LogP) is 3.75. The molecule has 0 radical (unpaired) electrons. The Hall–Kier alpha value is -1.05. The van der Waals surface area contributed by atoms with Gasteiger partial charge in [0.15, 0.2) is 5.96 Å². The maximum atomic E-state index is 14.2. The molecule has 1 rings (SSSR count). The maximum absolute atomic E-state index is 14.2. The van der Waals surface area contributed by atoms with Gasteiger partial charge in [0, 0.05) is 25.7 Å². The van der Waals surface area contributed by atoms with Gasteiger partial charge in [-0.1, -0.05) is 6.07 Å². The number of hydrogen-bond acceptors (Lipinski definition) is 2. The van der Waals surface area contributed by atoms with Crippen molar-refractivity contribution in [2.45, 2.75) is 47.2 Å². The quantitative estimate of drug-likeness (QED) is 0.389. The van der Waals surface area contributed by atoms with Gasteiger partial charge in [0.2, 0.25) is 0 Å². The van der Waals surface area contributed by atoms with E-state index in [1.165, 1.54) is 0 Å². The van der Waals surface area contributed by atoms with Gasteiger partial charge < -0.3 is 15.5 Å². The molecule has 0 fully saturated rings. The van der Waals surface area contributed by atoms with Crippen molar-refractivity contribution in [2.24, 2.45) is 4.99 Å². The fourth-order valence-electron chi connectivity index (χ4n) is 2.23. The molecule has 0 aliphatic heterocycles. The molecule has 2 N–H and O–H groups in total. The topological polar surface area (TPSA) is 39.7 Å². The lowest BCUT2D eigenvalue weighted by atomic mass is 10.2. The van der Waals surface area contributed by atoms with Crippen LogP contribution in [0.4, 0.5) is 10.1 Å². The normalized spacial score (nSPS) is 11.2. The average molecular weight is 436 g/mol. The maximum Gasteiger partial charge on any atom is 0.191 e. The lowest BCUT2D eigenvalue weighted by molar-refractivity contribution is 0.617. The van der Waals surface area contributed by atoms with Gasteiger partial charge in [-0.3, -0.25) is 0 Å². The van der Waals surface area contributed by atoms with Crippen LogP contribution in [0.1, 0.15) is 40.2 Å². The van der Waals surface area contributed by atoms with Crippen molar-refractivity contribution in [1.29, 1.82) is 0 Å². The first-order valence-electron chi connectivity index (χ1n) is 8.09. The first-order chi connectivity index (χ1) is 10.5. The lowest BCUT2D eigenvalue weighted by Crippen LogP contribution is -2.41. The first-order valence-corrected chi connectivity index (χ1v) is 8.09. The Labute approximate surface area is 157 Å². The number of guanidine groups is 1. The number of anilines is 1. The molecule has 0 spiro atoms. The van der Waals surface area contributed by atoms with Crippen molar-refractivity contribution in [3.05, 3.63) is 29.6 Å². The molecule has 0 unspecified atom stereocenters. The van der Waals surface area contributed by atoms with Gasteiger partial charge in [0.25, 0.3) is 0 Å². The molecule has 0 saturated heterocycles. The molecule has 0 bridgehead atoms. The third kappa shape index (κ3) is 7.37. The molecule has 0 aromatic heterocycles. The summed E-state index contributed by atoms with van der Waals surface area (Å²) in [6.45, 7) is 13.1. The van der Waals surface area contributed by atoms with Crippen LogP contribution in [0.15, 0.2) is 23.2 Å². The Balaban J connectivity index is 0.00000484. The molecule has 1 aromatic carbocycles. The molecule has 6 heteroatoms.